The van der Waals surface area contributed by atoms with Crippen molar-refractivity contribution < 1.29 is 0 Å². The number of hydrogen-bond donors (Lipinski definition) is 2. The van der Waals surface area contributed by atoms with Gasteiger partial charge < -0.3 is 10.3 Å². The third-order valence-electron chi connectivity index (χ3n) is 3.25. The number of aromatic nitrogens is 2. The SMILES string of the molecule is O=c1[nH]c(Cc2cccc(Cl)c2)nc2c1CNCC2. The third kappa shape index (κ3) is 2.69. The molecule has 0 unspecified atom stereocenters. The number of aromatic amines is 1. The molecule has 3 rings (SSSR count). The first-order valence-electron chi connectivity index (χ1n) is 6.28. The van der Waals surface area contributed by atoms with Gasteiger partial charge in [-0.3, -0.25) is 4.79 Å². The van der Waals surface area contributed by atoms with Crippen LogP contribution in [0.3, 0.4) is 0 Å². The average Bonchev–Trinajstić information content (AvgIpc) is 2.39. The smallest absolute Gasteiger partial charge is 0.255 e. The van der Waals surface area contributed by atoms with Crippen molar-refractivity contribution in [1.82, 2.24) is 15.3 Å². The van der Waals surface area contributed by atoms with Crippen LogP contribution in [0.4, 0.5) is 0 Å². The Hall–Kier alpha value is -1.65. The van der Waals surface area contributed by atoms with Gasteiger partial charge in [-0.25, -0.2) is 4.98 Å². The van der Waals surface area contributed by atoms with Gasteiger partial charge in [0.1, 0.15) is 5.82 Å². The maximum absolute atomic E-state index is 12.0. The van der Waals surface area contributed by atoms with Crippen molar-refractivity contribution in [3.05, 3.63) is 62.3 Å². The molecule has 2 N–H and O–H groups in total. The van der Waals surface area contributed by atoms with Crippen molar-refractivity contribution >= 4 is 11.6 Å². The van der Waals surface area contributed by atoms with E-state index in [1.807, 2.05) is 24.3 Å². The molecule has 0 bridgehead atoms. The van der Waals surface area contributed by atoms with Crippen LogP contribution in [0, 0.1) is 0 Å². The van der Waals surface area contributed by atoms with E-state index < -0.39 is 0 Å². The lowest BCUT2D eigenvalue weighted by atomic mass is 10.1. The highest BCUT2D eigenvalue weighted by Gasteiger charge is 2.15. The molecule has 5 heteroatoms. The van der Waals surface area contributed by atoms with Gasteiger partial charge in [-0.2, -0.15) is 0 Å². The van der Waals surface area contributed by atoms with Crippen molar-refractivity contribution in [2.75, 3.05) is 6.54 Å². The molecule has 19 heavy (non-hydrogen) atoms. The molecular weight excluding hydrogens is 262 g/mol. The summed E-state index contributed by atoms with van der Waals surface area (Å²) in [6, 6.07) is 7.60. The summed E-state index contributed by atoms with van der Waals surface area (Å²) in [6.45, 7) is 1.48. The van der Waals surface area contributed by atoms with Crippen LogP contribution in [0.5, 0.6) is 0 Å². The predicted octanol–water partition coefficient (Wildman–Crippen LogP) is 1.66. The summed E-state index contributed by atoms with van der Waals surface area (Å²) in [4.78, 5) is 19.4. The molecule has 2 aromatic rings. The fraction of sp³-hybridized carbons (Fsp3) is 0.286. The van der Waals surface area contributed by atoms with E-state index in [4.69, 9.17) is 11.6 Å². The third-order valence-corrected chi connectivity index (χ3v) is 3.49. The largest absolute Gasteiger partial charge is 0.312 e. The quantitative estimate of drug-likeness (QED) is 0.876. The Morgan fingerprint density at radius 3 is 3.11 bits per heavy atom. The Bertz CT molecular complexity index is 666. The van der Waals surface area contributed by atoms with Crippen LogP contribution in [-0.2, 0) is 19.4 Å². The average molecular weight is 276 g/mol. The summed E-state index contributed by atoms with van der Waals surface area (Å²) < 4.78 is 0. The van der Waals surface area contributed by atoms with Crippen LogP contribution in [0.2, 0.25) is 5.02 Å². The van der Waals surface area contributed by atoms with Gasteiger partial charge in [0, 0.05) is 31.0 Å². The highest BCUT2D eigenvalue weighted by atomic mass is 35.5. The van der Waals surface area contributed by atoms with Crippen LogP contribution in [0.25, 0.3) is 0 Å². The number of rotatable bonds is 2. The predicted molar refractivity (Wildman–Crippen MR) is 74.5 cm³/mol. The molecule has 1 aliphatic heterocycles. The lowest BCUT2D eigenvalue weighted by Gasteiger charge is -2.15. The molecule has 0 radical (unpaired) electrons. The van der Waals surface area contributed by atoms with Gasteiger partial charge in [0.15, 0.2) is 0 Å². The number of benzene rings is 1. The number of hydrogen-bond acceptors (Lipinski definition) is 3. The van der Waals surface area contributed by atoms with Gasteiger partial charge in [-0.05, 0) is 17.7 Å². The number of H-pyrrole nitrogens is 1. The maximum Gasteiger partial charge on any atom is 0.255 e. The molecule has 0 amide bonds. The van der Waals surface area contributed by atoms with E-state index in [0.29, 0.717) is 23.8 Å². The first-order chi connectivity index (χ1) is 9.22. The first kappa shape index (κ1) is 12.4. The van der Waals surface area contributed by atoms with Gasteiger partial charge in [-0.1, -0.05) is 23.7 Å². The Balaban J connectivity index is 1.94. The van der Waals surface area contributed by atoms with Crippen molar-refractivity contribution in [1.29, 1.82) is 0 Å². The van der Waals surface area contributed by atoms with E-state index in [1.54, 1.807) is 0 Å². The molecule has 0 atom stereocenters. The van der Waals surface area contributed by atoms with Crippen LogP contribution in [0.1, 0.15) is 22.6 Å². The summed E-state index contributed by atoms with van der Waals surface area (Å²) in [5, 5.41) is 3.88. The van der Waals surface area contributed by atoms with E-state index >= 15 is 0 Å². The molecule has 0 spiro atoms. The maximum atomic E-state index is 12.0. The molecular formula is C14H14ClN3O. The molecule has 1 aliphatic rings. The van der Waals surface area contributed by atoms with Crippen LogP contribution < -0.4 is 10.9 Å². The standard InChI is InChI=1S/C14H14ClN3O/c15-10-3-1-2-9(6-10)7-13-17-12-4-5-16-8-11(12)14(19)18-13/h1-3,6,16H,4-5,7-8H2,(H,17,18,19). The molecule has 4 nitrogen and oxygen atoms in total. The highest BCUT2D eigenvalue weighted by molar-refractivity contribution is 6.30. The molecule has 1 aromatic heterocycles. The second kappa shape index (κ2) is 5.15. The minimum absolute atomic E-state index is 0.0331. The lowest BCUT2D eigenvalue weighted by molar-refractivity contribution is 0.615. The fourth-order valence-electron chi connectivity index (χ4n) is 2.33. The molecule has 98 valence electrons. The van der Waals surface area contributed by atoms with Gasteiger partial charge in [0.25, 0.3) is 5.56 Å². The normalized spacial score (nSPS) is 14.2. The van der Waals surface area contributed by atoms with E-state index in [2.05, 4.69) is 15.3 Å². The second-order valence-corrected chi connectivity index (χ2v) is 5.11. The number of nitrogens with one attached hydrogen (secondary N) is 2. The summed E-state index contributed by atoms with van der Waals surface area (Å²) in [7, 11) is 0. The van der Waals surface area contributed by atoms with Crippen molar-refractivity contribution in [2.45, 2.75) is 19.4 Å². The minimum Gasteiger partial charge on any atom is -0.312 e. The summed E-state index contributed by atoms with van der Waals surface area (Å²) >= 11 is 5.96. The lowest BCUT2D eigenvalue weighted by Crippen LogP contribution is -2.32. The topological polar surface area (TPSA) is 57.8 Å². The Labute approximate surface area is 115 Å². The minimum atomic E-state index is -0.0331. The zero-order chi connectivity index (χ0) is 13.2. The zero-order valence-electron chi connectivity index (χ0n) is 10.4. The van der Waals surface area contributed by atoms with Crippen molar-refractivity contribution in [2.24, 2.45) is 0 Å². The van der Waals surface area contributed by atoms with Gasteiger partial charge in [0.05, 0.1) is 11.3 Å². The van der Waals surface area contributed by atoms with Crippen molar-refractivity contribution in [3.8, 4) is 0 Å². The second-order valence-electron chi connectivity index (χ2n) is 4.67. The molecule has 0 saturated heterocycles. The first-order valence-corrected chi connectivity index (χ1v) is 6.66. The monoisotopic (exact) mass is 275 g/mol. The van der Waals surface area contributed by atoms with E-state index in [-0.39, 0.29) is 5.56 Å². The van der Waals surface area contributed by atoms with Crippen LogP contribution in [0.15, 0.2) is 29.1 Å². The van der Waals surface area contributed by atoms with Gasteiger partial charge in [-0.15, -0.1) is 0 Å². The van der Waals surface area contributed by atoms with E-state index in [0.717, 1.165) is 29.8 Å². The number of fused-ring (bicyclic) bond motifs is 1. The molecule has 2 heterocycles. The Morgan fingerprint density at radius 1 is 1.37 bits per heavy atom. The van der Waals surface area contributed by atoms with Crippen LogP contribution in [-0.4, -0.2) is 16.5 Å². The number of nitrogens with zero attached hydrogens (tertiary/aromatic N) is 1. The van der Waals surface area contributed by atoms with Gasteiger partial charge in [0.2, 0.25) is 0 Å². The van der Waals surface area contributed by atoms with Gasteiger partial charge >= 0.3 is 0 Å². The van der Waals surface area contributed by atoms with Crippen LogP contribution >= 0.6 is 11.6 Å². The molecule has 0 fully saturated rings. The zero-order valence-corrected chi connectivity index (χ0v) is 11.1. The summed E-state index contributed by atoms with van der Waals surface area (Å²) in [5.74, 6) is 0.702. The summed E-state index contributed by atoms with van der Waals surface area (Å²) in [6.07, 6.45) is 1.40. The highest BCUT2D eigenvalue weighted by Crippen LogP contribution is 2.14. The molecule has 0 aliphatic carbocycles. The van der Waals surface area contributed by atoms with E-state index in [1.165, 1.54) is 0 Å². The Morgan fingerprint density at radius 2 is 2.26 bits per heavy atom. The Kier molecular flexibility index (Phi) is 3.36. The molecule has 0 saturated carbocycles. The van der Waals surface area contributed by atoms with Crippen molar-refractivity contribution in [3.63, 3.8) is 0 Å². The number of halogens is 1. The summed E-state index contributed by atoms with van der Waals surface area (Å²) in [5.41, 5.74) is 2.69. The fourth-order valence-corrected chi connectivity index (χ4v) is 2.54. The van der Waals surface area contributed by atoms with E-state index in [9.17, 15) is 4.79 Å². The molecule has 1 aromatic carbocycles.